The van der Waals surface area contributed by atoms with Crippen LogP contribution in [0.1, 0.15) is 27.6 Å². The third kappa shape index (κ3) is 5.02. The number of hydrogen-bond donors (Lipinski definition) is 3. The molecule has 2 amide bonds. The van der Waals surface area contributed by atoms with E-state index in [0.29, 0.717) is 29.2 Å². The molecule has 2 aromatic carbocycles. The molecule has 0 bridgehead atoms. The fourth-order valence-electron chi connectivity index (χ4n) is 2.12. The van der Waals surface area contributed by atoms with Gasteiger partial charge in [-0.05, 0) is 55.5 Å². The topological polar surface area (TPSA) is 79.5 Å². The summed E-state index contributed by atoms with van der Waals surface area (Å²) in [6, 6.07) is 13.6. The molecule has 0 aliphatic rings. The summed E-state index contributed by atoms with van der Waals surface area (Å²) in [5, 5.41) is 8.12. The van der Waals surface area contributed by atoms with E-state index < -0.39 is 0 Å². The van der Waals surface area contributed by atoms with Gasteiger partial charge in [-0.3, -0.25) is 14.9 Å². The molecule has 0 heterocycles. The average Bonchev–Trinajstić information content (AvgIpc) is 2.62. The zero-order chi connectivity index (χ0) is 18.2. The maximum absolute atomic E-state index is 12.2. The molecule has 2 aromatic rings. The first-order chi connectivity index (χ1) is 12.0. The van der Waals surface area contributed by atoms with E-state index in [1.165, 1.54) is 0 Å². The first-order valence-electron chi connectivity index (χ1n) is 7.71. The Hall–Kier alpha value is -2.93. The predicted octanol–water partition coefficient (Wildman–Crippen LogP) is 2.57. The van der Waals surface area contributed by atoms with Gasteiger partial charge in [-0.1, -0.05) is 12.1 Å². The lowest BCUT2D eigenvalue weighted by molar-refractivity contribution is 0.0961. The zero-order valence-electron chi connectivity index (χ0n) is 14.0. The Kier molecular flexibility index (Phi) is 6.47. The number of para-hydroxylation sites is 1. The van der Waals surface area contributed by atoms with Crippen molar-refractivity contribution in [1.82, 2.24) is 10.6 Å². The third-order valence-corrected chi connectivity index (χ3v) is 3.51. The second kappa shape index (κ2) is 8.79. The fourth-order valence-corrected chi connectivity index (χ4v) is 2.33. The lowest BCUT2D eigenvalue weighted by Gasteiger charge is -2.13. The molecule has 0 aromatic heterocycles. The number of hydrogen-bond acceptors (Lipinski definition) is 4. The van der Waals surface area contributed by atoms with Crippen LogP contribution < -0.4 is 20.7 Å². The van der Waals surface area contributed by atoms with Crippen molar-refractivity contribution < 1.29 is 14.3 Å². The van der Waals surface area contributed by atoms with Gasteiger partial charge in [0.15, 0.2) is 5.11 Å². The molecule has 0 radical (unpaired) electrons. The van der Waals surface area contributed by atoms with Crippen LogP contribution in [0.3, 0.4) is 0 Å². The first-order valence-corrected chi connectivity index (χ1v) is 8.12. The highest BCUT2D eigenvalue weighted by Gasteiger charge is 2.12. The van der Waals surface area contributed by atoms with Gasteiger partial charge in [0.1, 0.15) is 5.75 Å². The van der Waals surface area contributed by atoms with E-state index in [9.17, 15) is 9.59 Å². The highest BCUT2D eigenvalue weighted by atomic mass is 32.1. The number of benzene rings is 2. The van der Waals surface area contributed by atoms with Crippen LogP contribution in [-0.2, 0) is 0 Å². The smallest absolute Gasteiger partial charge is 0.257 e. The quantitative estimate of drug-likeness (QED) is 0.717. The Bertz CT molecular complexity index is 775. The number of anilines is 1. The van der Waals surface area contributed by atoms with Crippen LogP contribution in [0.2, 0.25) is 0 Å². The van der Waals surface area contributed by atoms with Crippen molar-refractivity contribution in [1.29, 1.82) is 0 Å². The van der Waals surface area contributed by atoms with Crippen molar-refractivity contribution in [2.75, 3.05) is 19.0 Å². The Labute approximate surface area is 151 Å². The van der Waals surface area contributed by atoms with Crippen LogP contribution in [0, 0.1) is 0 Å². The summed E-state index contributed by atoms with van der Waals surface area (Å²) >= 11 is 5.16. The number of ether oxygens (including phenoxy) is 1. The lowest BCUT2D eigenvalue weighted by Crippen LogP contribution is -2.34. The maximum atomic E-state index is 12.2. The highest BCUT2D eigenvalue weighted by Crippen LogP contribution is 2.15. The van der Waals surface area contributed by atoms with Crippen LogP contribution in [0.4, 0.5) is 5.69 Å². The summed E-state index contributed by atoms with van der Waals surface area (Å²) in [4.78, 5) is 24.1. The van der Waals surface area contributed by atoms with Crippen molar-refractivity contribution in [3.8, 4) is 5.75 Å². The summed E-state index contributed by atoms with van der Waals surface area (Å²) in [7, 11) is 1.55. The van der Waals surface area contributed by atoms with Crippen LogP contribution in [-0.4, -0.2) is 30.6 Å². The van der Waals surface area contributed by atoms with Gasteiger partial charge in [0.05, 0.1) is 17.9 Å². The van der Waals surface area contributed by atoms with Crippen molar-refractivity contribution in [2.24, 2.45) is 0 Å². The molecule has 2 rings (SSSR count). The van der Waals surface area contributed by atoms with Gasteiger partial charge >= 0.3 is 0 Å². The molecule has 25 heavy (non-hydrogen) atoms. The monoisotopic (exact) mass is 357 g/mol. The van der Waals surface area contributed by atoms with E-state index in [-0.39, 0.29) is 16.9 Å². The van der Waals surface area contributed by atoms with Crippen molar-refractivity contribution in [3.63, 3.8) is 0 Å². The molecule has 0 unspecified atom stereocenters. The molecule has 0 aliphatic carbocycles. The number of thiocarbonyl (C=S) groups is 1. The van der Waals surface area contributed by atoms with Crippen LogP contribution >= 0.6 is 12.2 Å². The van der Waals surface area contributed by atoms with E-state index in [1.807, 2.05) is 6.92 Å². The Morgan fingerprint density at radius 3 is 2.36 bits per heavy atom. The molecular weight excluding hydrogens is 338 g/mol. The minimum atomic E-state index is -0.349. The summed E-state index contributed by atoms with van der Waals surface area (Å²) in [5.74, 6) is 0.0981. The van der Waals surface area contributed by atoms with Crippen molar-refractivity contribution >= 4 is 34.8 Å². The zero-order valence-corrected chi connectivity index (χ0v) is 14.8. The molecular formula is C18H19N3O3S. The number of carbonyl (C=O) groups is 2. The van der Waals surface area contributed by atoms with Gasteiger partial charge < -0.3 is 15.4 Å². The molecule has 0 spiro atoms. The SMILES string of the molecule is CCOc1ccc(C(=O)NC(=S)Nc2ccccc2C(=O)NC)cc1. The molecule has 0 saturated carbocycles. The summed E-state index contributed by atoms with van der Waals surface area (Å²) in [6.07, 6.45) is 0. The molecule has 0 aliphatic heterocycles. The Balaban J connectivity index is 2.03. The first kappa shape index (κ1) is 18.4. The molecule has 6 nitrogen and oxygen atoms in total. The fraction of sp³-hybridized carbons (Fsp3) is 0.167. The number of amides is 2. The van der Waals surface area contributed by atoms with Crippen LogP contribution in [0.25, 0.3) is 0 Å². The predicted molar refractivity (Wildman–Crippen MR) is 101 cm³/mol. The summed E-state index contributed by atoms with van der Waals surface area (Å²) < 4.78 is 5.34. The molecule has 0 saturated heterocycles. The minimum absolute atomic E-state index is 0.107. The second-order valence-corrected chi connectivity index (χ2v) is 5.40. The van der Waals surface area contributed by atoms with Crippen LogP contribution in [0.15, 0.2) is 48.5 Å². The van der Waals surface area contributed by atoms with Crippen LogP contribution in [0.5, 0.6) is 5.75 Å². The van der Waals surface area contributed by atoms with E-state index in [1.54, 1.807) is 55.6 Å². The van der Waals surface area contributed by atoms with Gasteiger partial charge in [-0.2, -0.15) is 0 Å². The van der Waals surface area contributed by atoms with E-state index in [0.717, 1.165) is 0 Å². The largest absolute Gasteiger partial charge is 0.494 e. The number of carbonyl (C=O) groups excluding carboxylic acids is 2. The summed E-state index contributed by atoms with van der Waals surface area (Å²) in [5.41, 5.74) is 1.40. The van der Waals surface area contributed by atoms with E-state index >= 15 is 0 Å². The second-order valence-electron chi connectivity index (χ2n) is 4.99. The van der Waals surface area contributed by atoms with Gasteiger partial charge in [0, 0.05) is 12.6 Å². The molecule has 0 fully saturated rings. The van der Waals surface area contributed by atoms with Crippen molar-refractivity contribution in [2.45, 2.75) is 6.92 Å². The Morgan fingerprint density at radius 1 is 1.04 bits per heavy atom. The standard InChI is InChI=1S/C18H19N3O3S/c1-3-24-13-10-8-12(9-11-13)16(22)21-18(25)20-15-7-5-4-6-14(15)17(23)19-2/h4-11H,3H2,1-2H3,(H,19,23)(H2,20,21,22,25). The minimum Gasteiger partial charge on any atom is -0.494 e. The maximum Gasteiger partial charge on any atom is 0.257 e. The third-order valence-electron chi connectivity index (χ3n) is 3.30. The van der Waals surface area contributed by atoms with E-state index in [4.69, 9.17) is 17.0 Å². The molecule has 3 N–H and O–H groups in total. The normalized spacial score (nSPS) is 9.84. The summed E-state index contributed by atoms with van der Waals surface area (Å²) in [6.45, 7) is 2.45. The lowest BCUT2D eigenvalue weighted by atomic mass is 10.1. The van der Waals surface area contributed by atoms with Gasteiger partial charge in [-0.15, -0.1) is 0 Å². The number of nitrogens with one attached hydrogen (secondary N) is 3. The highest BCUT2D eigenvalue weighted by molar-refractivity contribution is 7.80. The Morgan fingerprint density at radius 2 is 1.72 bits per heavy atom. The molecule has 0 atom stereocenters. The van der Waals surface area contributed by atoms with Gasteiger partial charge in [0.2, 0.25) is 0 Å². The van der Waals surface area contributed by atoms with Gasteiger partial charge in [0.25, 0.3) is 11.8 Å². The van der Waals surface area contributed by atoms with Gasteiger partial charge in [-0.25, -0.2) is 0 Å². The average molecular weight is 357 g/mol. The number of rotatable bonds is 5. The van der Waals surface area contributed by atoms with E-state index in [2.05, 4.69) is 16.0 Å². The molecule has 130 valence electrons. The van der Waals surface area contributed by atoms with Crippen molar-refractivity contribution in [3.05, 3.63) is 59.7 Å². The molecule has 7 heteroatoms.